The van der Waals surface area contributed by atoms with Crippen LogP contribution in [0.15, 0.2) is 192 Å². The van der Waals surface area contributed by atoms with E-state index in [0.29, 0.717) is 23.3 Å². The Bertz CT molecular complexity index is 2870. The van der Waals surface area contributed by atoms with Crippen molar-refractivity contribution in [3.8, 4) is 56.8 Å². The first-order valence-corrected chi connectivity index (χ1v) is 19.5. The summed E-state index contributed by atoms with van der Waals surface area (Å²) in [5.41, 5.74) is 9.57. The van der Waals surface area contributed by atoms with E-state index in [9.17, 15) is 0 Å². The molecule has 7 nitrogen and oxygen atoms in total. The summed E-state index contributed by atoms with van der Waals surface area (Å²) in [6, 6.07) is 61.7. The van der Waals surface area contributed by atoms with E-state index in [4.69, 9.17) is 29.7 Å². The summed E-state index contributed by atoms with van der Waals surface area (Å²) >= 11 is 0. The van der Waals surface area contributed by atoms with Crippen LogP contribution in [-0.4, -0.2) is 26.6 Å². The molecule has 0 spiro atoms. The maximum absolute atomic E-state index is 6.67. The van der Waals surface area contributed by atoms with Crippen LogP contribution < -0.4 is 10.1 Å². The minimum absolute atomic E-state index is 0.280. The number of ether oxygens (including phenoxy) is 1. The molecule has 1 aromatic heterocycles. The summed E-state index contributed by atoms with van der Waals surface area (Å²) in [4.78, 5) is 25.5. The highest BCUT2D eigenvalue weighted by Crippen LogP contribution is 2.50. The molecule has 2 aliphatic heterocycles. The summed E-state index contributed by atoms with van der Waals surface area (Å²) in [6.07, 6.45) is -0.283. The smallest absolute Gasteiger partial charge is 0.167 e. The molecule has 7 heteroatoms. The summed E-state index contributed by atoms with van der Waals surface area (Å²) < 4.78 is 6.67. The number of rotatable bonds is 7. The number of hydrogen-bond donors (Lipinski definition) is 1. The standard InChI is InChI=1S/C51H38N6O/c1-51(2)41-28-12-13-30-43(41)58-44-40(27-16-29-42(44)51)50-56-47(35-21-10-5-11-22-35)55-49(57-50)39-26-15-24-37(32-39)36-23-14-25-38(31-36)48-53-45(33-17-6-3-7-18-33)52-46(54-48)34-19-8-4-9-20-34/h3-32,45H,1-2H3,(H,52,53,54). The van der Waals surface area contributed by atoms with Gasteiger partial charge in [0.25, 0.3) is 0 Å². The lowest BCUT2D eigenvalue weighted by Crippen LogP contribution is -2.33. The van der Waals surface area contributed by atoms with Crippen molar-refractivity contribution in [1.82, 2.24) is 20.3 Å². The fourth-order valence-corrected chi connectivity index (χ4v) is 7.79. The van der Waals surface area contributed by atoms with Crippen molar-refractivity contribution >= 4 is 11.7 Å². The predicted octanol–water partition coefficient (Wildman–Crippen LogP) is 11.5. The van der Waals surface area contributed by atoms with E-state index >= 15 is 0 Å². The summed E-state index contributed by atoms with van der Waals surface area (Å²) in [5, 5.41) is 3.55. The zero-order chi connectivity index (χ0) is 39.1. The molecule has 0 saturated heterocycles. The molecule has 1 atom stereocenters. The number of amidine groups is 2. The molecular formula is C51H38N6O. The molecule has 1 N–H and O–H groups in total. The first kappa shape index (κ1) is 34.9. The van der Waals surface area contributed by atoms with Gasteiger partial charge < -0.3 is 10.1 Å². The third-order valence-electron chi connectivity index (χ3n) is 10.8. The molecule has 7 aromatic carbocycles. The third-order valence-corrected chi connectivity index (χ3v) is 10.8. The maximum atomic E-state index is 6.67. The third kappa shape index (κ3) is 6.52. The fourth-order valence-electron chi connectivity index (χ4n) is 7.79. The van der Waals surface area contributed by atoms with E-state index in [1.54, 1.807) is 0 Å². The van der Waals surface area contributed by atoms with Crippen LogP contribution >= 0.6 is 0 Å². The first-order chi connectivity index (χ1) is 28.5. The van der Waals surface area contributed by atoms with Gasteiger partial charge in [0.2, 0.25) is 0 Å². The normalized spacial score (nSPS) is 15.2. The SMILES string of the molecule is CC1(C)c2ccccc2Oc2c(-c3nc(-c4ccccc4)nc(-c4cccc(-c5cccc(C6=NC(c7ccccc7)NC(c7ccccc7)=N6)c5)c4)n3)cccc21. The molecule has 0 fully saturated rings. The van der Waals surface area contributed by atoms with E-state index in [1.165, 1.54) is 0 Å². The zero-order valence-electron chi connectivity index (χ0n) is 32.0. The highest BCUT2D eigenvalue weighted by Gasteiger charge is 2.36. The van der Waals surface area contributed by atoms with Gasteiger partial charge in [-0.15, -0.1) is 0 Å². The van der Waals surface area contributed by atoms with Crippen LogP contribution in [0.5, 0.6) is 11.5 Å². The molecule has 10 rings (SSSR count). The van der Waals surface area contributed by atoms with Crippen molar-refractivity contribution in [1.29, 1.82) is 0 Å². The highest BCUT2D eigenvalue weighted by molar-refractivity contribution is 6.13. The molecule has 1 unspecified atom stereocenters. The molecule has 8 aromatic rings. The number of aliphatic imine (C=N–C) groups is 2. The second-order valence-corrected chi connectivity index (χ2v) is 15.0. The lowest BCUT2D eigenvalue weighted by atomic mass is 9.75. The number of nitrogens with one attached hydrogen (secondary N) is 1. The number of benzene rings is 7. The Morgan fingerprint density at radius 1 is 0.483 bits per heavy atom. The van der Waals surface area contributed by atoms with E-state index in [0.717, 1.165) is 73.0 Å². The van der Waals surface area contributed by atoms with Gasteiger partial charge in [-0.3, -0.25) is 0 Å². The van der Waals surface area contributed by atoms with Crippen LogP contribution in [0.4, 0.5) is 0 Å². The van der Waals surface area contributed by atoms with Crippen LogP contribution in [0.25, 0.3) is 45.3 Å². The minimum atomic E-state index is -0.283. The van der Waals surface area contributed by atoms with Gasteiger partial charge in [0.15, 0.2) is 23.3 Å². The second kappa shape index (κ2) is 14.5. The van der Waals surface area contributed by atoms with E-state index in [2.05, 4.69) is 116 Å². The van der Waals surface area contributed by atoms with Crippen LogP contribution in [0, 0.1) is 0 Å². The van der Waals surface area contributed by atoms with Crippen LogP contribution in [0.2, 0.25) is 0 Å². The number of para-hydroxylation sites is 2. The topological polar surface area (TPSA) is 84.7 Å². The van der Waals surface area contributed by atoms with Gasteiger partial charge in [0.05, 0.1) is 5.56 Å². The molecule has 0 radical (unpaired) electrons. The van der Waals surface area contributed by atoms with Gasteiger partial charge in [-0.25, -0.2) is 24.9 Å². The number of hydrogen-bond acceptors (Lipinski definition) is 7. The molecule has 58 heavy (non-hydrogen) atoms. The van der Waals surface area contributed by atoms with Crippen LogP contribution in [0.1, 0.15) is 47.8 Å². The minimum Gasteiger partial charge on any atom is -0.456 e. The first-order valence-electron chi connectivity index (χ1n) is 19.5. The van der Waals surface area contributed by atoms with E-state index in [1.807, 2.05) is 84.9 Å². The quantitative estimate of drug-likeness (QED) is 0.175. The highest BCUT2D eigenvalue weighted by atomic mass is 16.5. The van der Waals surface area contributed by atoms with Gasteiger partial charge in [-0.2, -0.15) is 0 Å². The van der Waals surface area contributed by atoms with Gasteiger partial charge >= 0.3 is 0 Å². The van der Waals surface area contributed by atoms with Crippen molar-refractivity contribution < 1.29 is 4.74 Å². The Morgan fingerprint density at radius 2 is 1.02 bits per heavy atom. The lowest BCUT2D eigenvalue weighted by Gasteiger charge is -2.35. The maximum Gasteiger partial charge on any atom is 0.167 e. The Hall–Kier alpha value is -7.51. The summed E-state index contributed by atoms with van der Waals surface area (Å²) in [6.45, 7) is 4.47. The Balaban J connectivity index is 1.06. The average molecular weight is 751 g/mol. The van der Waals surface area contributed by atoms with Crippen LogP contribution in [-0.2, 0) is 5.41 Å². The van der Waals surface area contributed by atoms with Crippen molar-refractivity contribution in [2.45, 2.75) is 25.4 Å². The average Bonchev–Trinajstić information content (AvgIpc) is 3.29. The number of nitrogens with zero attached hydrogens (tertiary/aromatic N) is 5. The Kier molecular flexibility index (Phi) is 8.75. The molecule has 2 aliphatic rings. The van der Waals surface area contributed by atoms with Crippen LogP contribution in [0.3, 0.4) is 0 Å². The van der Waals surface area contributed by atoms with Crippen molar-refractivity contribution in [3.63, 3.8) is 0 Å². The predicted molar refractivity (Wildman–Crippen MR) is 232 cm³/mol. The van der Waals surface area contributed by atoms with E-state index < -0.39 is 0 Å². The number of fused-ring (bicyclic) bond motifs is 2. The monoisotopic (exact) mass is 750 g/mol. The zero-order valence-corrected chi connectivity index (χ0v) is 32.0. The van der Waals surface area contributed by atoms with Gasteiger partial charge in [-0.05, 0) is 41.0 Å². The molecule has 278 valence electrons. The molecule has 0 amide bonds. The van der Waals surface area contributed by atoms with Crippen molar-refractivity contribution in [2.24, 2.45) is 9.98 Å². The fraction of sp³-hybridized carbons (Fsp3) is 0.0784. The van der Waals surface area contributed by atoms with Crippen molar-refractivity contribution in [3.05, 3.63) is 210 Å². The Morgan fingerprint density at radius 3 is 1.76 bits per heavy atom. The Labute approximate surface area is 337 Å². The molecule has 0 saturated carbocycles. The summed E-state index contributed by atoms with van der Waals surface area (Å²) in [7, 11) is 0. The van der Waals surface area contributed by atoms with Gasteiger partial charge in [0.1, 0.15) is 23.5 Å². The lowest BCUT2D eigenvalue weighted by molar-refractivity contribution is 0.419. The van der Waals surface area contributed by atoms with E-state index in [-0.39, 0.29) is 11.6 Å². The van der Waals surface area contributed by atoms with Gasteiger partial charge in [-0.1, -0.05) is 172 Å². The van der Waals surface area contributed by atoms with Gasteiger partial charge in [0, 0.05) is 38.8 Å². The summed E-state index contributed by atoms with van der Waals surface area (Å²) in [5.74, 6) is 4.76. The molecule has 0 bridgehead atoms. The molecule has 3 heterocycles. The number of aromatic nitrogens is 3. The molecular weight excluding hydrogens is 713 g/mol. The van der Waals surface area contributed by atoms with Crippen molar-refractivity contribution in [2.75, 3.05) is 0 Å². The molecule has 0 aliphatic carbocycles. The largest absolute Gasteiger partial charge is 0.456 e. The second-order valence-electron chi connectivity index (χ2n) is 15.0.